The molecule has 7 nitrogen and oxygen atoms in total. The highest BCUT2D eigenvalue weighted by Crippen LogP contribution is 2.30. The number of anilines is 1. The summed E-state index contributed by atoms with van der Waals surface area (Å²) < 4.78 is 1.76. The lowest BCUT2D eigenvalue weighted by Gasteiger charge is -2.22. The largest absolute Gasteiger partial charge is 0.338 e. The number of aromatic nitrogens is 3. The standard InChI is InChI=1S/C19H25N5O2S/c1-3-9-24(11-14-7-8-14)18(26)15-5-4-6-16(10-15)21-17(25)12-27-19-22-20-13-23(19)2/h4-6,10,13-14H,3,7-9,11-12H2,1-2H3,(H,21,25). The van der Waals surface area contributed by atoms with Gasteiger partial charge in [-0.25, -0.2) is 0 Å². The minimum Gasteiger partial charge on any atom is -0.338 e. The van der Waals surface area contributed by atoms with Crippen LogP contribution in [0, 0.1) is 5.92 Å². The highest BCUT2D eigenvalue weighted by Gasteiger charge is 2.27. The number of carbonyl (C=O) groups is 2. The number of benzene rings is 1. The van der Waals surface area contributed by atoms with E-state index in [2.05, 4.69) is 22.4 Å². The third-order valence-electron chi connectivity index (χ3n) is 4.35. The van der Waals surface area contributed by atoms with Gasteiger partial charge in [0.05, 0.1) is 5.75 Å². The maximum Gasteiger partial charge on any atom is 0.253 e. The van der Waals surface area contributed by atoms with E-state index in [9.17, 15) is 9.59 Å². The smallest absolute Gasteiger partial charge is 0.253 e. The number of nitrogens with zero attached hydrogens (tertiary/aromatic N) is 4. The van der Waals surface area contributed by atoms with E-state index in [1.54, 1.807) is 29.1 Å². The number of hydrogen-bond acceptors (Lipinski definition) is 5. The Morgan fingerprint density at radius 2 is 2.19 bits per heavy atom. The van der Waals surface area contributed by atoms with Crippen LogP contribution in [0.25, 0.3) is 0 Å². The van der Waals surface area contributed by atoms with E-state index < -0.39 is 0 Å². The molecule has 0 spiro atoms. The van der Waals surface area contributed by atoms with Gasteiger partial charge in [-0.2, -0.15) is 0 Å². The van der Waals surface area contributed by atoms with Gasteiger partial charge in [0.1, 0.15) is 6.33 Å². The monoisotopic (exact) mass is 387 g/mol. The van der Waals surface area contributed by atoms with Gasteiger partial charge in [0, 0.05) is 31.4 Å². The number of amides is 2. The van der Waals surface area contributed by atoms with Gasteiger partial charge in [-0.15, -0.1) is 10.2 Å². The summed E-state index contributed by atoms with van der Waals surface area (Å²) in [5.41, 5.74) is 1.25. The van der Waals surface area contributed by atoms with Crippen molar-refractivity contribution in [2.24, 2.45) is 13.0 Å². The molecule has 3 rings (SSSR count). The molecule has 27 heavy (non-hydrogen) atoms. The van der Waals surface area contributed by atoms with Crippen LogP contribution in [0.5, 0.6) is 0 Å². The Bertz CT molecular complexity index is 803. The van der Waals surface area contributed by atoms with E-state index in [1.807, 2.05) is 18.0 Å². The van der Waals surface area contributed by atoms with Crippen LogP contribution in [0.4, 0.5) is 5.69 Å². The molecule has 2 aromatic rings. The quantitative estimate of drug-likeness (QED) is 0.669. The SMILES string of the molecule is CCCN(CC1CC1)C(=O)c1cccc(NC(=O)CSc2nncn2C)c1. The minimum atomic E-state index is -0.143. The number of aryl methyl sites for hydroxylation is 1. The maximum absolute atomic E-state index is 12.8. The molecule has 0 radical (unpaired) electrons. The summed E-state index contributed by atoms with van der Waals surface area (Å²) >= 11 is 1.32. The third kappa shape index (κ3) is 5.56. The molecular weight excluding hydrogens is 362 g/mol. The van der Waals surface area contributed by atoms with Gasteiger partial charge in [-0.3, -0.25) is 9.59 Å². The summed E-state index contributed by atoms with van der Waals surface area (Å²) in [5.74, 6) is 0.777. The summed E-state index contributed by atoms with van der Waals surface area (Å²) in [6.45, 7) is 3.68. The van der Waals surface area contributed by atoms with Crippen molar-refractivity contribution in [3.05, 3.63) is 36.2 Å². The fourth-order valence-corrected chi connectivity index (χ4v) is 3.49. The Kier molecular flexibility index (Phi) is 6.49. The normalized spacial score (nSPS) is 13.4. The van der Waals surface area contributed by atoms with Crippen LogP contribution >= 0.6 is 11.8 Å². The summed E-state index contributed by atoms with van der Waals surface area (Å²) in [6.07, 6.45) is 4.97. The fourth-order valence-electron chi connectivity index (χ4n) is 2.80. The zero-order chi connectivity index (χ0) is 19.2. The van der Waals surface area contributed by atoms with Crippen molar-refractivity contribution in [3.8, 4) is 0 Å². The van der Waals surface area contributed by atoms with E-state index in [4.69, 9.17) is 0 Å². The van der Waals surface area contributed by atoms with Crippen LogP contribution < -0.4 is 5.32 Å². The summed E-state index contributed by atoms with van der Waals surface area (Å²) in [6, 6.07) is 7.16. The van der Waals surface area contributed by atoms with Crippen LogP contribution in [0.3, 0.4) is 0 Å². The zero-order valence-corrected chi connectivity index (χ0v) is 16.5. The van der Waals surface area contributed by atoms with Crippen molar-refractivity contribution in [1.82, 2.24) is 19.7 Å². The summed E-state index contributed by atoms with van der Waals surface area (Å²) in [7, 11) is 1.83. The lowest BCUT2D eigenvalue weighted by Crippen LogP contribution is -2.33. The van der Waals surface area contributed by atoms with Crippen LogP contribution in [0.15, 0.2) is 35.7 Å². The Hall–Kier alpha value is -2.35. The molecule has 0 unspecified atom stereocenters. The van der Waals surface area contributed by atoms with Gasteiger partial charge in [0.15, 0.2) is 5.16 Å². The highest BCUT2D eigenvalue weighted by atomic mass is 32.2. The van der Waals surface area contributed by atoms with E-state index in [-0.39, 0.29) is 17.6 Å². The first-order valence-corrected chi connectivity index (χ1v) is 10.2. The molecule has 0 atom stereocenters. The highest BCUT2D eigenvalue weighted by molar-refractivity contribution is 7.99. The second-order valence-electron chi connectivity index (χ2n) is 6.84. The first kappa shape index (κ1) is 19.4. The first-order chi connectivity index (χ1) is 13.1. The Labute approximate surface area is 163 Å². The van der Waals surface area contributed by atoms with Gasteiger partial charge >= 0.3 is 0 Å². The zero-order valence-electron chi connectivity index (χ0n) is 15.7. The predicted molar refractivity (Wildman–Crippen MR) is 106 cm³/mol. The summed E-state index contributed by atoms with van der Waals surface area (Å²) in [5, 5.41) is 11.3. The molecule has 0 aliphatic heterocycles. The van der Waals surface area contributed by atoms with Gasteiger partial charge in [-0.05, 0) is 43.4 Å². The molecule has 0 saturated heterocycles. The second-order valence-corrected chi connectivity index (χ2v) is 7.78. The van der Waals surface area contributed by atoms with Gasteiger partial charge in [-0.1, -0.05) is 24.8 Å². The van der Waals surface area contributed by atoms with Crippen molar-refractivity contribution in [2.45, 2.75) is 31.3 Å². The molecular formula is C19H25N5O2S. The van der Waals surface area contributed by atoms with E-state index in [1.165, 1.54) is 24.6 Å². The Morgan fingerprint density at radius 1 is 1.37 bits per heavy atom. The lowest BCUT2D eigenvalue weighted by atomic mass is 10.1. The third-order valence-corrected chi connectivity index (χ3v) is 5.39. The van der Waals surface area contributed by atoms with Crippen molar-refractivity contribution < 1.29 is 9.59 Å². The lowest BCUT2D eigenvalue weighted by molar-refractivity contribution is -0.113. The molecule has 1 aromatic carbocycles. The van der Waals surface area contributed by atoms with Gasteiger partial charge in [0.2, 0.25) is 5.91 Å². The molecule has 1 saturated carbocycles. The number of hydrogen-bond donors (Lipinski definition) is 1. The minimum absolute atomic E-state index is 0.0355. The average Bonchev–Trinajstić information content (AvgIpc) is 3.38. The molecule has 1 aliphatic rings. The predicted octanol–water partition coefficient (Wildman–Crippen LogP) is 2.81. The molecule has 8 heteroatoms. The number of carbonyl (C=O) groups excluding carboxylic acids is 2. The first-order valence-electron chi connectivity index (χ1n) is 9.22. The summed E-state index contributed by atoms with van der Waals surface area (Å²) in [4.78, 5) is 27.0. The fraction of sp³-hybridized carbons (Fsp3) is 0.474. The number of nitrogens with one attached hydrogen (secondary N) is 1. The van der Waals surface area contributed by atoms with Crippen molar-refractivity contribution in [2.75, 3.05) is 24.2 Å². The van der Waals surface area contributed by atoms with Crippen molar-refractivity contribution in [3.63, 3.8) is 0 Å². The Balaban J connectivity index is 1.59. The maximum atomic E-state index is 12.8. The molecule has 1 aliphatic carbocycles. The molecule has 0 bridgehead atoms. The van der Waals surface area contributed by atoms with Crippen LogP contribution in [0.2, 0.25) is 0 Å². The molecule has 144 valence electrons. The topological polar surface area (TPSA) is 80.1 Å². The van der Waals surface area contributed by atoms with E-state index in [0.717, 1.165) is 19.5 Å². The average molecular weight is 388 g/mol. The van der Waals surface area contributed by atoms with Crippen LogP contribution in [-0.2, 0) is 11.8 Å². The van der Waals surface area contributed by atoms with Crippen molar-refractivity contribution in [1.29, 1.82) is 0 Å². The number of rotatable bonds is 9. The van der Waals surface area contributed by atoms with Gasteiger partial charge in [0.25, 0.3) is 5.91 Å². The van der Waals surface area contributed by atoms with Gasteiger partial charge < -0.3 is 14.8 Å². The Morgan fingerprint density at radius 3 is 2.85 bits per heavy atom. The van der Waals surface area contributed by atoms with Crippen molar-refractivity contribution >= 4 is 29.3 Å². The molecule has 1 aromatic heterocycles. The molecule has 1 N–H and O–H groups in total. The van der Waals surface area contributed by atoms with Crippen LogP contribution in [0.1, 0.15) is 36.5 Å². The second kappa shape index (κ2) is 9.03. The van der Waals surface area contributed by atoms with Crippen LogP contribution in [-0.4, -0.2) is 50.3 Å². The molecule has 2 amide bonds. The molecule has 1 fully saturated rings. The van der Waals surface area contributed by atoms with E-state index >= 15 is 0 Å². The molecule has 1 heterocycles. The van der Waals surface area contributed by atoms with E-state index in [0.29, 0.717) is 22.3 Å². The number of thioether (sulfide) groups is 1.